The lowest BCUT2D eigenvalue weighted by Gasteiger charge is -2.02. The maximum atomic E-state index is 12.3. The number of nitrogens with zero attached hydrogens (tertiary/aromatic N) is 3. The van der Waals surface area contributed by atoms with E-state index in [0.717, 1.165) is 6.42 Å². The van der Waals surface area contributed by atoms with Crippen LogP contribution in [0, 0.1) is 0 Å². The lowest BCUT2D eigenvalue weighted by Crippen LogP contribution is -2.45. The molecule has 2 rings (SSSR count). The highest BCUT2D eigenvalue weighted by Crippen LogP contribution is 1.95. The minimum absolute atomic E-state index is 0.0146. The van der Waals surface area contributed by atoms with Crippen molar-refractivity contribution in [2.24, 2.45) is 5.16 Å². The highest BCUT2D eigenvalue weighted by Gasteiger charge is 2.17. The first kappa shape index (κ1) is 18.3. The molecule has 7 heteroatoms. The Kier molecular flexibility index (Phi) is 6.76. The molecule has 2 aromatic rings. The van der Waals surface area contributed by atoms with Crippen LogP contribution in [0.15, 0.2) is 54.2 Å². The van der Waals surface area contributed by atoms with Crippen LogP contribution in [0.5, 0.6) is 0 Å². The summed E-state index contributed by atoms with van der Waals surface area (Å²) >= 11 is 0. The molecule has 2 heterocycles. The number of Topliss-reactive ketones (excluding diaryl/α,β-unsaturated/α-hetero) is 1. The molecule has 0 spiro atoms. The number of hydrogen-bond acceptors (Lipinski definition) is 4. The molecule has 0 aromatic carbocycles. The molecule has 0 saturated heterocycles. The second kappa shape index (κ2) is 9.27. The van der Waals surface area contributed by atoms with Crippen LogP contribution in [0.3, 0.4) is 0 Å². The van der Waals surface area contributed by atoms with Gasteiger partial charge in [-0.1, -0.05) is 12.1 Å². The molecule has 0 bridgehead atoms. The lowest BCUT2D eigenvalue weighted by molar-refractivity contribution is -0.702. The summed E-state index contributed by atoms with van der Waals surface area (Å²) in [6, 6.07) is 7.02. The fourth-order valence-corrected chi connectivity index (χ4v) is 2.34. The van der Waals surface area contributed by atoms with Crippen LogP contribution < -0.4 is 14.5 Å². The van der Waals surface area contributed by atoms with Gasteiger partial charge in [0.25, 0.3) is 11.7 Å². The van der Waals surface area contributed by atoms with Crippen molar-refractivity contribution in [2.45, 2.75) is 26.4 Å². The SMILES string of the molecule is CCCNC(=O)c1ccc[n+](CC(=O)C[n+]2cccc(/C=N/O)c2)c1. The van der Waals surface area contributed by atoms with E-state index in [9.17, 15) is 9.59 Å². The van der Waals surface area contributed by atoms with Gasteiger partial charge in [0.1, 0.15) is 5.56 Å². The fraction of sp³-hybridized carbons (Fsp3) is 0.278. The molecule has 130 valence electrons. The van der Waals surface area contributed by atoms with Gasteiger partial charge in [-0.05, 0) is 18.6 Å². The van der Waals surface area contributed by atoms with Crippen LogP contribution in [0.1, 0.15) is 29.3 Å². The highest BCUT2D eigenvalue weighted by atomic mass is 16.4. The van der Waals surface area contributed by atoms with E-state index in [0.29, 0.717) is 17.7 Å². The molecule has 0 aliphatic rings. The Morgan fingerprint density at radius 2 is 1.84 bits per heavy atom. The molecule has 0 saturated carbocycles. The third-order valence-corrected chi connectivity index (χ3v) is 3.46. The van der Waals surface area contributed by atoms with E-state index >= 15 is 0 Å². The fourth-order valence-electron chi connectivity index (χ4n) is 2.34. The zero-order valence-electron chi connectivity index (χ0n) is 14.1. The molecule has 7 nitrogen and oxygen atoms in total. The van der Waals surface area contributed by atoms with Gasteiger partial charge in [0, 0.05) is 18.7 Å². The highest BCUT2D eigenvalue weighted by molar-refractivity contribution is 5.93. The molecular weight excluding hydrogens is 320 g/mol. The van der Waals surface area contributed by atoms with Crippen LogP contribution in [-0.2, 0) is 17.9 Å². The zero-order valence-corrected chi connectivity index (χ0v) is 14.1. The summed E-state index contributed by atoms with van der Waals surface area (Å²) in [6.45, 7) is 2.96. The molecular formula is C18H22N4O3+2. The van der Waals surface area contributed by atoms with Gasteiger partial charge in [-0.2, -0.15) is 9.13 Å². The number of amides is 1. The molecule has 0 atom stereocenters. The summed E-state index contributed by atoms with van der Waals surface area (Å²) in [5.41, 5.74) is 1.22. The molecule has 2 aromatic heterocycles. The third kappa shape index (κ3) is 5.80. The first-order valence-electron chi connectivity index (χ1n) is 8.08. The number of ketones is 1. The maximum Gasteiger partial charge on any atom is 0.261 e. The van der Waals surface area contributed by atoms with Gasteiger partial charge in [0.15, 0.2) is 24.8 Å². The minimum Gasteiger partial charge on any atom is -0.411 e. The van der Waals surface area contributed by atoms with Gasteiger partial charge in [-0.3, -0.25) is 9.59 Å². The molecule has 0 aliphatic carbocycles. The number of rotatable bonds is 8. The number of aromatic nitrogens is 2. The van der Waals surface area contributed by atoms with Crippen LogP contribution in [0.4, 0.5) is 0 Å². The summed E-state index contributed by atoms with van der Waals surface area (Å²) < 4.78 is 3.42. The Balaban J connectivity index is 2.01. The summed E-state index contributed by atoms with van der Waals surface area (Å²) in [5, 5.41) is 14.4. The van der Waals surface area contributed by atoms with Gasteiger partial charge < -0.3 is 10.5 Å². The summed E-state index contributed by atoms with van der Waals surface area (Å²) in [5.74, 6) is -0.159. The van der Waals surface area contributed by atoms with Crippen molar-refractivity contribution in [2.75, 3.05) is 6.54 Å². The summed E-state index contributed by atoms with van der Waals surface area (Å²) in [4.78, 5) is 24.3. The maximum absolute atomic E-state index is 12.3. The number of carbonyl (C=O) groups excluding carboxylic acids is 2. The van der Waals surface area contributed by atoms with Gasteiger partial charge in [0.2, 0.25) is 13.1 Å². The average Bonchev–Trinajstić information content (AvgIpc) is 2.60. The Morgan fingerprint density at radius 3 is 2.52 bits per heavy atom. The predicted octanol–water partition coefficient (Wildman–Crippen LogP) is 0.479. The van der Waals surface area contributed by atoms with Crippen molar-refractivity contribution in [3.05, 3.63) is 60.2 Å². The van der Waals surface area contributed by atoms with Crippen molar-refractivity contribution in [1.82, 2.24) is 5.32 Å². The quantitative estimate of drug-likeness (QED) is 0.317. The molecule has 0 aliphatic heterocycles. The summed E-state index contributed by atoms with van der Waals surface area (Å²) in [7, 11) is 0. The normalized spacial score (nSPS) is 10.8. The smallest absolute Gasteiger partial charge is 0.261 e. The molecule has 25 heavy (non-hydrogen) atoms. The zero-order chi connectivity index (χ0) is 18.1. The van der Waals surface area contributed by atoms with E-state index in [4.69, 9.17) is 5.21 Å². The Hall–Kier alpha value is -3.09. The van der Waals surface area contributed by atoms with E-state index in [1.54, 1.807) is 58.2 Å². The number of pyridine rings is 2. The lowest BCUT2D eigenvalue weighted by atomic mass is 10.2. The molecule has 0 fully saturated rings. The van der Waals surface area contributed by atoms with Gasteiger partial charge in [-0.25, -0.2) is 0 Å². The topological polar surface area (TPSA) is 86.5 Å². The first-order valence-corrected chi connectivity index (χ1v) is 8.08. The van der Waals surface area contributed by atoms with Crippen LogP contribution in [0.2, 0.25) is 0 Å². The summed E-state index contributed by atoms with van der Waals surface area (Å²) in [6.07, 6.45) is 9.08. The average molecular weight is 342 g/mol. The Labute approximate surface area is 146 Å². The van der Waals surface area contributed by atoms with Crippen molar-refractivity contribution in [3.8, 4) is 0 Å². The second-order valence-electron chi connectivity index (χ2n) is 5.61. The molecule has 0 radical (unpaired) electrons. The third-order valence-electron chi connectivity index (χ3n) is 3.46. The minimum atomic E-state index is -0.144. The molecule has 1 amide bonds. The Morgan fingerprint density at radius 1 is 1.16 bits per heavy atom. The largest absolute Gasteiger partial charge is 0.411 e. The van der Waals surface area contributed by atoms with Crippen LogP contribution in [0.25, 0.3) is 0 Å². The molecule has 2 N–H and O–H groups in total. The second-order valence-corrected chi connectivity index (χ2v) is 5.61. The number of carbonyl (C=O) groups is 2. The first-order chi connectivity index (χ1) is 12.1. The van der Waals surface area contributed by atoms with E-state index in [1.165, 1.54) is 6.21 Å². The van der Waals surface area contributed by atoms with Crippen LogP contribution in [-0.4, -0.2) is 29.7 Å². The van der Waals surface area contributed by atoms with Crippen molar-refractivity contribution in [3.63, 3.8) is 0 Å². The Bertz CT molecular complexity index is 774. The monoisotopic (exact) mass is 342 g/mol. The predicted molar refractivity (Wildman–Crippen MR) is 90.3 cm³/mol. The van der Waals surface area contributed by atoms with E-state index in [-0.39, 0.29) is 24.8 Å². The standard InChI is InChI=1S/C18H20N4O3/c1-2-7-19-18(24)16-6-4-9-22(12-16)14-17(23)13-21-8-3-5-15(11-21)10-20-25/h3-6,8-12H,2,7,13-14H2,1H3/p+2/b20-10+. The van der Waals surface area contributed by atoms with Crippen LogP contribution >= 0.6 is 0 Å². The number of hydrogen-bond donors (Lipinski definition) is 2. The van der Waals surface area contributed by atoms with Crippen molar-refractivity contribution >= 4 is 17.9 Å². The van der Waals surface area contributed by atoms with Gasteiger partial charge in [-0.15, -0.1) is 0 Å². The van der Waals surface area contributed by atoms with E-state index in [2.05, 4.69) is 10.5 Å². The van der Waals surface area contributed by atoms with Gasteiger partial charge in [0.05, 0.1) is 11.8 Å². The van der Waals surface area contributed by atoms with Gasteiger partial charge >= 0.3 is 0 Å². The van der Waals surface area contributed by atoms with E-state index in [1.807, 2.05) is 6.92 Å². The number of nitrogens with one attached hydrogen (secondary N) is 1. The number of oxime groups is 1. The molecule has 0 unspecified atom stereocenters. The van der Waals surface area contributed by atoms with E-state index < -0.39 is 0 Å². The van der Waals surface area contributed by atoms with Crippen molar-refractivity contribution in [1.29, 1.82) is 0 Å². The van der Waals surface area contributed by atoms with Crippen molar-refractivity contribution < 1.29 is 23.9 Å².